The summed E-state index contributed by atoms with van der Waals surface area (Å²) in [6.45, 7) is 3.90. The number of benzene rings is 1. The topological polar surface area (TPSA) is 68.3 Å². The first-order chi connectivity index (χ1) is 12.9. The lowest BCUT2D eigenvalue weighted by Gasteiger charge is -2.26. The smallest absolute Gasteiger partial charge is 0.310 e. The quantitative estimate of drug-likeness (QED) is 0.408. The van der Waals surface area contributed by atoms with E-state index in [0.29, 0.717) is 32.5 Å². The van der Waals surface area contributed by atoms with Crippen molar-refractivity contribution in [1.82, 2.24) is 9.80 Å². The molecule has 1 atom stereocenters. The second-order valence-electron chi connectivity index (χ2n) is 6.69. The van der Waals surface area contributed by atoms with Gasteiger partial charge in [-0.2, -0.15) is 0 Å². The summed E-state index contributed by atoms with van der Waals surface area (Å²) >= 11 is 0. The van der Waals surface area contributed by atoms with Crippen molar-refractivity contribution in [3.8, 4) is 11.5 Å². The fourth-order valence-electron chi connectivity index (χ4n) is 2.49. The number of hydrogen-bond acceptors (Lipinski definition) is 6. The summed E-state index contributed by atoms with van der Waals surface area (Å²) in [5, 5.41) is 0. The van der Waals surface area contributed by atoms with Gasteiger partial charge in [-0.3, -0.25) is 9.59 Å². The van der Waals surface area contributed by atoms with E-state index in [1.54, 1.807) is 18.9 Å². The zero-order valence-corrected chi connectivity index (χ0v) is 17.1. The predicted molar refractivity (Wildman–Crippen MR) is 104 cm³/mol. The van der Waals surface area contributed by atoms with Crippen LogP contribution >= 0.6 is 0 Å². The van der Waals surface area contributed by atoms with E-state index in [0.717, 1.165) is 18.0 Å². The van der Waals surface area contributed by atoms with Crippen molar-refractivity contribution in [1.29, 1.82) is 0 Å². The first-order valence-electron chi connectivity index (χ1n) is 9.14. The Bertz CT molecular complexity index is 574. The zero-order chi connectivity index (χ0) is 20.2. The molecule has 0 fully saturated rings. The predicted octanol–water partition coefficient (Wildman–Crippen LogP) is 2.05. The largest absolute Gasteiger partial charge is 0.497 e. The summed E-state index contributed by atoms with van der Waals surface area (Å²) in [5.41, 5.74) is 0. The van der Waals surface area contributed by atoms with Crippen molar-refractivity contribution in [3.63, 3.8) is 0 Å². The van der Waals surface area contributed by atoms with E-state index < -0.39 is 0 Å². The highest BCUT2D eigenvalue weighted by molar-refractivity contribution is 5.78. The highest BCUT2D eigenvalue weighted by Crippen LogP contribution is 2.17. The van der Waals surface area contributed by atoms with Crippen LogP contribution in [0.4, 0.5) is 0 Å². The first-order valence-corrected chi connectivity index (χ1v) is 9.14. The van der Waals surface area contributed by atoms with Gasteiger partial charge in [0.1, 0.15) is 11.5 Å². The lowest BCUT2D eigenvalue weighted by molar-refractivity contribution is -0.146. The van der Waals surface area contributed by atoms with Gasteiger partial charge in [-0.25, -0.2) is 0 Å². The molecule has 1 unspecified atom stereocenters. The van der Waals surface area contributed by atoms with Crippen LogP contribution in [0.15, 0.2) is 24.3 Å². The van der Waals surface area contributed by atoms with Gasteiger partial charge >= 0.3 is 5.97 Å². The SMILES string of the molecule is COC(=O)C(C)CN(CCN(C)C)C(=O)CCCOc1ccc(OC)cc1. The average Bonchev–Trinajstić information content (AvgIpc) is 2.67. The van der Waals surface area contributed by atoms with E-state index in [1.165, 1.54) is 7.11 Å². The molecule has 27 heavy (non-hydrogen) atoms. The van der Waals surface area contributed by atoms with Gasteiger partial charge in [-0.1, -0.05) is 6.92 Å². The Morgan fingerprint density at radius 1 is 1.04 bits per heavy atom. The van der Waals surface area contributed by atoms with E-state index in [2.05, 4.69) is 0 Å². The average molecular weight is 380 g/mol. The maximum atomic E-state index is 12.6. The minimum absolute atomic E-state index is 0.0194. The molecule has 0 N–H and O–H groups in total. The van der Waals surface area contributed by atoms with E-state index in [-0.39, 0.29) is 17.8 Å². The third-order valence-corrected chi connectivity index (χ3v) is 4.13. The van der Waals surface area contributed by atoms with Gasteiger partial charge in [0.15, 0.2) is 0 Å². The number of amides is 1. The van der Waals surface area contributed by atoms with E-state index in [4.69, 9.17) is 14.2 Å². The third-order valence-electron chi connectivity index (χ3n) is 4.13. The standard InChI is InChI=1S/C20H32N2O5/c1-16(20(24)26-5)15-22(13-12-21(2)3)19(23)7-6-14-27-18-10-8-17(25-4)9-11-18/h8-11,16H,6-7,12-15H2,1-5H3. The molecule has 7 nitrogen and oxygen atoms in total. The van der Waals surface area contributed by atoms with Crippen LogP contribution < -0.4 is 9.47 Å². The number of likely N-dealkylation sites (N-methyl/N-ethyl adjacent to an activating group) is 1. The summed E-state index contributed by atoms with van der Waals surface area (Å²) in [4.78, 5) is 28.0. The molecule has 0 aromatic heterocycles. The molecule has 0 saturated heterocycles. The Labute approximate surface area is 162 Å². The number of ether oxygens (including phenoxy) is 3. The molecule has 0 spiro atoms. The molecule has 0 bridgehead atoms. The molecule has 1 amide bonds. The Morgan fingerprint density at radius 2 is 1.67 bits per heavy atom. The molecule has 0 aliphatic rings. The highest BCUT2D eigenvalue weighted by atomic mass is 16.5. The molecule has 0 saturated carbocycles. The fourth-order valence-corrected chi connectivity index (χ4v) is 2.49. The minimum atomic E-state index is -0.350. The minimum Gasteiger partial charge on any atom is -0.497 e. The second kappa shape index (κ2) is 12.2. The monoisotopic (exact) mass is 380 g/mol. The molecular formula is C20H32N2O5. The maximum Gasteiger partial charge on any atom is 0.310 e. The second-order valence-corrected chi connectivity index (χ2v) is 6.69. The summed E-state index contributed by atoms with van der Waals surface area (Å²) in [6, 6.07) is 7.33. The van der Waals surface area contributed by atoms with Crippen LogP contribution in [0.5, 0.6) is 11.5 Å². The van der Waals surface area contributed by atoms with E-state index in [9.17, 15) is 9.59 Å². The van der Waals surface area contributed by atoms with Crippen LogP contribution in [0.3, 0.4) is 0 Å². The normalized spacial score (nSPS) is 11.8. The molecule has 1 rings (SSSR count). The molecule has 0 aliphatic carbocycles. The van der Waals surface area contributed by atoms with Gasteiger partial charge in [-0.15, -0.1) is 0 Å². The lowest BCUT2D eigenvalue weighted by Crippen LogP contribution is -2.41. The molecule has 152 valence electrons. The van der Waals surface area contributed by atoms with Crippen molar-refractivity contribution < 1.29 is 23.8 Å². The van der Waals surface area contributed by atoms with E-state index in [1.807, 2.05) is 43.3 Å². The Balaban J connectivity index is 2.47. The number of carbonyl (C=O) groups excluding carboxylic acids is 2. The van der Waals surface area contributed by atoms with Crippen molar-refractivity contribution in [2.45, 2.75) is 19.8 Å². The Morgan fingerprint density at radius 3 is 2.22 bits per heavy atom. The number of carbonyl (C=O) groups is 2. The Kier molecular flexibility index (Phi) is 10.3. The molecule has 7 heteroatoms. The first kappa shape index (κ1) is 22.8. The number of methoxy groups -OCH3 is 2. The summed E-state index contributed by atoms with van der Waals surface area (Å²) < 4.78 is 15.5. The third kappa shape index (κ3) is 8.77. The zero-order valence-electron chi connectivity index (χ0n) is 17.1. The van der Waals surface area contributed by atoms with Gasteiger partial charge < -0.3 is 24.0 Å². The lowest BCUT2D eigenvalue weighted by atomic mass is 10.1. The highest BCUT2D eigenvalue weighted by Gasteiger charge is 2.21. The molecule has 0 aliphatic heterocycles. The number of hydrogen-bond donors (Lipinski definition) is 0. The van der Waals surface area contributed by atoms with Gasteiger partial charge in [0.05, 0.1) is 26.7 Å². The fraction of sp³-hybridized carbons (Fsp3) is 0.600. The molecule has 0 heterocycles. The van der Waals surface area contributed by atoms with Crippen LogP contribution in [-0.4, -0.2) is 76.2 Å². The number of esters is 1. The summed E-state index contributed by atoms with van der Waals surface area (Å²) in [7, 11) is 6.89. The van der Waals surface area contributed by atoms with Crippen LogP contribution in [0.25, 0.3) is 0 Å². The molecule has 1 aromatic rings. The number of nitrogens with zero attached hydrogens (tertiary/aromatic N) is 2. The van der Waals surface area contributed by atoms with Gasteiger partial charge in [0, 0.05) is 26.1 Å². The van der Waals surface area contributed by atoms with Crippen LogP contribution in [0.1, 0.15) is 19.8 Å². The van der Waals surface area contributed by atoms with Crippen LogP contribution in [-0.2, 0) is 14.3 Å². The van der Waals surface area contributed by atoms with Crippen LogP contribution in [0, 0.1) is 5.92 Å². The number of rotatable bonds is 12. The van der Waals surface area contributed by atoms with E-state index >= 15 is 0 Å². The van der Waals surface area contributed by atoms with Gasteiger partial charge in [-0.05, 0) is 44.8 Å². The van der Waals surface area contributed by atoms with Gasteiger partial charge in [0.2, 0.25) is 5.91 Å². The van der Waals surface area contributed by atoms with Crippen LogP contribution in [0.2, 0.25) is 0 Å². The Hall–Kier alpha value is -2.28. The van der Waals surface area contributed by atoms with Gasteiger partial charge in [0.25, 0.3) is 0 Å². The summed E-state index contributed by atoms with van der Waals surface area (Å²) in [6.07, 6.45) is 0.980. The van der Waals surface area contributed by atoms with Crippen molar-refractivity contribution in [2.75, 3.05) is 54.6 Å². The molecular weight excluding hydrogens is 348 g/mol. The summed E-state index contributed by atoms with van der Waals surface area (Å²) in [5.74, 6) is 0.879. The maximum absolute atomic E-state index is 12.6. The van der Waals surface area contributed by atoms with Crippen molar-refractivity contribution in [2.24, 2.45) is 5.92 Å². The molecule has 0 radical (unpaired) electrons. The van der Waals surface area contributed by atoms with Crippen molar-refractivity contribution in [3.05, 3.63) is 24.3 Å². The molecule has 1 aromatic carbocycles. The van der Waals surface area contributed by atoms with Crippen molar-refractivity contribution >= 4 is 11.9 Å².